The average molecular weight is 319 g/mol. The van der Waals surface area contributed by atoms with Crippen molar-refractivity contribution in [1.29, 1.82) is 0 Å². The lowest BCUT2D eigenvalue weighted by Gasteiger charge is -2.11. The minimum Gasteiger partial charge on any atom is -0.298 e. The Bertz CT molecular complexity index is 666. The third kappa shape index (κ3) is 3.14. The van der Waals surface area contributed by atoms with Gasteiger partial charge in [-0.3, -0.25) is 4.79 Å². The number of rotatable bonds is 2. The lowest BCUT2D eigenvalue weighted by Crippen LogP contribution is -2.06. The van der Waals surface area contributed by atoms with Gasteiger partial charge in [0.25, 0.3) is 0 Å². The van der Waals surface area contributed by atoms with Gasteiger partial charge in [-0.05, 0) is 35.9 Å². The van der Waals surface area contributed by atoms with Gasteiger partial charge in [0.1, 0.15) is 6.29 Å². The highest BCUT2D eigenvalue weighted by Crippen LogP contribution is 2.36. The first-order valence-corrected chi connectivity index (χ1v) is 6.20. The van der Waals surface area contributed by atoms with Gasteiger partial charge in [0.05, 0.1) is 5.56 Å². The van der Waals surface area contributed by atoms with Gasteiger partial charge in [-0.15, -0.1) is 0 Å². The molecule has 0 aliphatic rings. The average Bonchev–Trinajstić information content (AvgIpc) is 2.37. The summed E-state index contributed by atoms with van der Waals surface area (Å²) in [5.74, 6) is 0. The first-order valence-electron chi connectivity index (χ1n) is 5.44. The van der Waals surface area contributed by atoms with Crippen LogP contribution in [0.15, 0.2) is 36.4 Å². The predicted molar refractivity (Wildman–Crippen MR) is 72.3 cm³/mol. The number of halogens is 5. The zero-order valence-corrected chi connectivity index (χ0v) is 11.4. The number of benzene rings is 2. The monoisotopic (exact) mass is 318 g/mol. The molecule has 0 aliphatic carbocycles. The third-order valence-electron chi connectivity index (χ3n) is 2.66. The van der Waals surface area contributed by atoms with Gasteiger partial charge < -0.3 is 0 Å². The fraction of sp³-hybridized carbons (Fsp3) is 0.0714. The van der Waals surface area contributed by atoms with Crippen LogP contribution in [0.5, 0.6) is 0 Å². The highest BCUT2D eigenvalue weighted by molar-refractivity contribution is 6.36. The summed E-state index contributed by atoms with van der Waals surface area (Å²) in [6, 6.07) is 7.54. The smallest absolute Gasteiger partial charge is 0.298 e. The maximum atomic E-state index is 12.8. The van der Waals surface area contributed by atoms with Crippen molar-refractivity contribution in [3.8, 4) is 11.1 Å². The number of alkyl halides is 3. The van der Waals surface area contributed by atoms with E-state index in [1.165, 1.54) is 24.3 Å². The zero-order chi connectivity index (χ0) is 14.9. The highest BCUT2D eigenvalue weighted by atomic mass is 35.5. The van der Waals surface area contributed by atoms with Crippen LogP contribution in [0.2, 0.25) is 10.0 Å². The van der Waals surface area contributed by atoms with Gasteiger partial charge in [-0.25, -0.2) is 0 Å². The molecule has 0 heterocycles. The first kappa shape index (κ1) is 14.9. The van der Waals surface area contributed by atoms with Crippen molar-refractivity contribution in [1.82, 2.24) is 0 Å². The Hall–Kier alpha value is -1.52. The zero-order valence-electron chi connectivity index (χ0n) is 9.84. The summed E-state index contributed by atoms with van der Waals surface area (Å²) < 4.78 is 38.4. The van der Waals surface area contributed by atoms with Gasteiger partial charge in [-0.2, -0.15) is 13.2 Å². The summed E-state index contributed by atoms with van der Waals surface area (Å²) in [6.07, 6.45) is -4.17. The lowest BCUT2D eigenvalue weighted by molar-refractivity contribution is -0.137. The van der Waals surface area contributed by atoms with Gasteiger partial charge in [0.15, 0.2) is 0 Å². The molecule has 6 heteroatoms. The normalized spacial score (nSPS) is 11.4. The molecule has 0 bridgehead atoms. The Morgan fingerprint density at radius 3 is 2.25 bits per heavy atom. The summed E-state index contributed by atoms with van der Waals surface area (Å²) in [6.45, 7) is 0. The number of hydrogen-bond donors (Lipinski definition) is 0. The first-order chi connectivity index (χ1) is 9.31. The van der Waals surface area contributed by atoms with E-state index in [4.69, 9.17) is 23.2 Å². The van der Waals surface area contributed by atoms with Gasteiger partial charge in [-0.1, -0.05) is 29.3 Å². The van der Waals surface area contributed by atoms with Crippen molar-refractivity contribution in [2.24, 2.45) is 0 Å². The number of aldehydes is 1. The molecule has 104 valence electrons. The maximum Gasteiger partial charge on any atom is 0.416 e. The topological polar surface area (TPSA) is 17.1 Å². The molecule has 2 aromatic carbocycles. The fourth-order valence-corrected chi connectivity index (χ4v) is 2.28. The van der Waals surface area contributed by atoms with E-state index in [1.807, 2.05) is 0 Å². The van der Waals surface area contributed by atoms with Crippen molar-refractivity contribution in [2.45, 2.75) is 6.18 Å². The molecule has 0 aromatic heterocycles. The summed E-state index contributed by atoms with van der Waals surface area (Å²) in [7, 11) is 0. The van der Waals surface area contributed by atoms with E-state index in [0.717, 1.165) is 12.1 Å². The largest absolute Gasteiger partial charge is 0.416 e. The van der Waals surface area contributed by atoms with Crippen molar-refractivity contribution in [3.05, 3.63) is 57.6 Å². The number of carbonyl (C=O) groups is 1. The minimum atomic E-state index is -4.54. The number of hydrogen-bond acceptors (Lipinski definition) is 1. The van der Waals surface area contributed by atoms with Crippen molar-refractivity contribution < 1.29 is 18.0 Å². The van der Waals surface area contributed by atoms with E-state index >= 15 is 0 Å². The molecule has 0 aliphatic heterocycles. The van der Waals surface area contributed by atoms with Crippen LogP contribution in [-0.2, 0) is 6.18 Å². The van der Waals surface area contributed by atoms with Gasteiger partial charge in [0, 0.05) is 21.2 Å². The molecule has 0 amide bonds. The highest BCUT2D eigenvalue weighted by Gasteiger charge is 2.31. The van der Waals surface area contributed by atoms with E-state index in [9.17, 15) is 18.0 Å². The minimum absolute atomic E-state index is 0.0687. The second-order valence-corrected chi connectivity index (χ2v) is 4.93. The van der Waals surface area contributed by atoms with Crippen LogP contribution in [0.4, 0.5) is 13.2 Å². The molecule has 2 rings (SSSR count). The van der Waals surface area contributed by atoms with E-state index in [-0.39, 0.29) is 16.1 Å². The van der Waals surface area contributed by atoms with Crippen LogP contribution >= 0.6 is 23.2 Å². The van der Waals surface area contributed by atoms with E-state index in [0.29, 0.717) is 16.9 Å². The molecule has 0 saturated heterocycles. The second-order valence-electron chi connectivity index (χ2n) is 4.08. The van der Waals surface area contributed by atoms with Crippen LogP contribution in [0.25, 0.3) is 11.1 Å². The molecule has 0 saturated carbocycles. The molecule has 0 spiro atoms. The Balaban J connectivity index is 2.64. The molecule has 0 radical (unpaired) electrons. The van der Waals surface area contributed by atoms with Crippen molar-refractivity contribution >= 4 is 29.5 Å². The van der Waals surface area contributed by atoms with Crippen LogP contribution in [0.3, 0.4) is 0 Å². The lowest BCUT2D eigenvalue weighted by atomic mass is 10.00. The fourth-order valence-electron chi connectivity index (χ4n) is 1.76. The Kier molecular flexibility index (Phi) is 4.06. The van der Waals surface area contributed by atoms with Gasteiger partial charge >= 0.3 is 6.18 Å². The molecule has 1 nitrogen and oxygen atoms in total. The second kappa shape index (κ2) is 5.46. The third-order valence-corrected chi connectivity index (χ3v) is 3.21. The number of carbonyl (C=O) groups excluding carboxylic acids is 1. The summed E-state index contributed by atoms with van der Waals surface area (Å²) in [5, 5.41) is 0.593. The van der Waals surface area contributed by atoms with Crippen LogP contribution in [0.1, 0.15) is 15.9 Å². The van der Waals surface area contributed by atoms with Crippen molar-refractivity contribution in [3.63, 3.8) is 0 Å². The quantitative estimate of drug-likeness (QED) is 0.669. The van der Waals surface area contributed by atoms with Crippen LogP contribution in [-0.4, -0.2) is 6.29 Å². The van der Waals surface area contributed by atoms with Crippen LogP contribution < -0.4 is 0 Å². The Morgan fingerprint density at radius 2 is 1.70 bits per heavy atom. The molecule has 20 heavy (non-hydrogen) atoms. The molecule has 2 aromatic rings. The Morgan fingerprint density at radius 1 is 1.00 bits per heavy atom. The van der Waals surface area contributed by atoms with Crippen molar-refractivity contribution in [2.75, 3.05) is 0 Å². The molecule has 0 N–H and O–H groups in total. The maximum absolute atomic E-state index is 12.8. The summed E-state index contributed by atoms with van der Waals surface area (Å²) in [5.41, 5.74) is -0.377. The van der Waals surface area contributed by atoms with E-state index < -0.39 is 11.7 Å². The van der Waals surface area contributed by atoms with Gasteiger partial charge in [0.2, 0.25) is 0 Å². The van der Waals surface area contributed by atoms with E-state index in [1.54, 1.807) is 0 Å². The van der Waals surface area contributed by atoms with E-state index in [2.05, 4.69) is 0 Å². The molecular weight excluding hydrogens is 312 g/mol. The van der Waals surface area contributed by atoms with Crippen LogP contribution in [0, 0.1) is 0 Å². The predicted octanol–water partition coefficient (Wildman–Crippen LogP) is 5.49. The molecule has 0 fully saturated rings. The SMILES string of the molecule is O=Cc1cc(-c2ccc(Cl)cc2Cl)cc(C(F)(F)F)c1. The standard InChI is InChI=1S/C14H7Cl2F3O/c15-11-1-2-12(13(16)6-11)9-3-8(7-20)4-10(5-9)14(17,18)19/h1-7H. The summed E-state index contributed by atoms with van der Waals surface area (Å²) >= 11 is 11.7. The Labute approximate surface area is 122 Å². The molecule has 0 atom stereocenters. The molecular formula is C14H7Cl2F3O. The molecule has 0 unspecified atom stereocenters. The summed E-state index contributed by atoms with van der Waals surface area (Å²) in [4.78, 5) is 10.8.